The molecule has 1 saturated heterocycles. The van der Waals surface area contributed by atoms with Gasteiger partial charge in [-0.2, -0.15) is 0 Å². The Kier molecular flexibility index (Phi) is 3.75. The second-order valence-corrected chi connectivity index (χ2v) is 5.54. The van der Waals surface area contributed by atoms with Crippen LogP contribution in [0.4, 0.5) is 20.2 Å². The topological polar surface area (TPSA) is 46.4 Å². The van der Waals surface area contributed by atoms with Crippen LogP contribution in [-0.4, -0.2) is 23.9 Å². The van der Waals surface area contributed by atoms with Crippen molar-refractivity contribution in [2.75, 3.05) is 18.0 Å². The number of rotatable bonds is 2. The molecule has 0 radical (unpaired) electrons. The number of aryl methyl sites for hydroxylation is 1. The SMILES string of the molecule is Cc1cc(N2CCC(F)(F)CC2)c(Br)cc1[N+](=O)[O-]. The summed E-state index contributed by atoms with van der Waals surface area (Å²) in [6, 6.07) is 3.10. The average Bonchev–Trinajstić information content (AvgIpc) is 2.31. The molecule has 1 aromatic rings. The molecular weight excluding hydrogens is 322 g/mol. The first kappa shape index (κ1) is 14.2. The highest BCUT2D eigenvalue weighted by atomic mass is 79.9. The van der Waals surface area contributed by atoms with E-state index in [0.29, 0.717) is 10.0 Å². The van der Waals surface area contributed by atoms with E-state index in [9.17, 15) is 18.9 Å². The zero-order chi connectivity index (χ0) is 14.2. The largest absolute Gasteiger partial charge is 0.370 e. The molecule has 0 saturated carbocycles. The summed E-state index contributed by atoms with van der Waals surface area (Å²) in [6.07, 6.45) is -0.370. The Bertz CT molecular complexity index is 513. The monoisotopic (exact) mass is 334 g/mol. The minimum atomic E-state index is -2.60. The molecule has 1 aliphatic heterocycles. The second-order valence-electron chi connectivity index (χ2n) is 4.69. The van der Waals surface area contributed by atoms with Crippen LogP contribution >= 0.6 is 15.9 Å². The van der Waals surface area contributed by atoms with Gasteiger partial charge >= 0.3 is 0 Å². The number of nitrogens with zero attached hydrogens (tertiary/aromatic N) is 2. The fraction of sp³-hybridized carbons (Fsp3) is 0.500. The maximum atomic E-state index is 13.1. The van der Waals surface area contributed by atoms with Gasteiger partial charge < -0.3 is 4.90 Å². The van der Waals surface area contributed by atoms with E-state index in [1.54, 1.807) is 13.0 Å². The van der Waals surface area contributed by atoms with E-state index in [1.165, 1.54) is 6.07 Å². The van der Waals surface area contributed by atoms with Crippen molar-refractivity contribution in [1.29, 1.82) is 0 Å². The van der Waals surface area contributed by atoms with Crippen LogP contribution in [0, 0.1) is 17.0 Å². The Morgan fingerprint density at radius 1 is 1.37 bits per heavy atom. The highest BCUT2D eigenvalue weighted by Crippen LogP contribution is 2.37. The van der Waals surface area contributed by atoms with E-state index in [4.69, 9.17) is 0 Å². The van der Waals surface area contributed by atoms with Gasteiger partial charge in [0.25, 0.3) is 11.6 Å². The molecule has 0 spiro atoms. The van der Waals surface area contributed by atoms with Crippen LogP contribution in [0.25, 0.3) is 0 Å². The smallest absolute Gasteiger partial charge is 0.273 e. The number of benzene rings is 1. The maximum Gasteiger partial charge on any atom is 0.273 e. The van der Waals surface area contributed by atoms with Gasteiger partial charge in [-0.05, 0) is 28.9 Å². The predicted octanol–water partition coefficient (Wildman–Crippen LogP) is 3.90. The Morgan fingerprint density at radius 2 is 1.95 bits per heavy atom. The zero-order valence-corrected chi connectivity index (χ0v) is 11.9. The average molecular weight is 335 g/mol. The summed E-state index contributed by atoms with van der Waals surface area (Å²) in [5.41, 5.74) is 1.29. The van der Waals surface area contributed by atoms with Crippen molar-refractivity contribution in [3.8, 4) is 0 Å². The van der Waals surface area contributed by atoms with E-state index in [0.717, 1.165) is 5.69 Å². The van der Waals surface area contributed by atoms with Crippen molar-refractivity contribution in [1.82, 2.24) is 0 Å². The molecule has 0 aromatic heterocycles. The Morgan fingerprint density at radius 3 is 2.47 bits per heavy atom. The summed E-state index contributed by atoms with van der Waals surface area (Å²) in [5.74, 6) is -2.60. The van der Waals surface area contributed by atoms with Gasteiger partial charge in [0.2, 0.25) is 0 Å². The van der Waals surface area contributed by atoms with Crippen molar-refractivity contribution in [2.45, 2.75) is 25.7 Å². The summed E-state index contributed by atoms with van der Waals surface area (Å²) in [5, 5.41) is 10.8. The van der Waals surface area contributed by atoms with Crippen LogP contribution < -0.4 is 4.90 Å². The van der Waals surface area contributed by atoms with Gasteiger partial charge in [0, 0.05) is 42.0 Å². The van der Waals surface area contributed by atoms with Gasteiger partial charge in [-0.3, -0.25) is 10.1 Å². The van der Waals surface area contributed by atoms with Gasteiger partial charge in [-0.15, -0.1) is 0 Å². The molecule has 0 aliphatic carbocycles. The molecule has 4 nitrogen and oxygen atoms in total. The van der Waals surface area contributed by atoms with Crippen molar-refractivity contribution in [3.05, 3.63) is 32.3 Å². The lowest BCUT2D eigenvalue weighted by Crippen LogP contribution is -2.39. The number of nitro groups is 1. The maximum absolute atomic E-state index is 13.1. The van der Waals surface area contributed by atoms with Crippen molar-refractivity contribution in [2.24, 2.45) is 0 Å². The number of halogens is 3. The molecule has 1 aliphatic rings. The van der Waals surface area contributed by atoms with E-state index in [1.807, 2.05) is 4.90 Å². The predicted molar refractivity (Wildman–Crippen MR) is 71.9 cm³/mol. The zero-order valence-electron chi connectivity index (χ0n) is 10.3. The van der Waals surface area contributed by atoms with E-state index in [2.05, 4.69) is 15.9 Å². The normalized spacial score (nSPS) is 18.4. The van der Waals surface area contributed by atoms with Gasteiger partial charge in [-0.25, -0.2) is 8.78 Å². The number of hydrogen-bond acceptors (Lipinski definition) is 3. The fourth-order valence-corrected chi connectivity index (χ4v) is 2.75. The third-order valence-electron chi connectivity index (χ3n) is 3.30. The number of anilines is 1. The fourth-order valence-electron chi connectivity index (χ4n) is 2.17. The molecule has 0 unspecified atom stereocenters. The van der Waals surface area contributed by atoms with Crippen LogP contribution in [0.5, 0.6) is 0 Å². The van der Waals surface area contributed by atoms with Crippen LogP contribution in [0.1, 0.15) is 18.4 Å². The molecule has 7 heteroatoms. The minimum absolute atomic E-state index is 0.0259. The molecule has 104 valence electrons. The molecule has 0 atom stereocenters. The molecular formula is C12H13BrF2N2O2. The summed E-state index contributed by atoms with van der Waals surface area (Å²) in [7, 11) is 0. The Labute approximate surface area is 117 Å². The first-order valence-electron chi connectivity index (χ1n) is 5.87. The molecule has 0 bridgehead atoms. The van der Waals surface area contributed by atoms with Crippen LogP contribution in [0.3, 0.4) is 0 Å². The molecule has 1 fully saturated rings. The number of hydrogen-bond donors (Lipinski definition) is 0. The Hall–Kier alpha value is -1.24. The lowest BCUT2D eigenvalue weighted by atomic mass is 10.1. The highest BCUT2D eigenvalue weighted by Gasteiger charge is 2.34. The van der Waals surface area contributed by atoms with Gasteiger partial charge in [0.05, 0.1) is 10.6 Å². The molecule has 0 amide bonds. The summed E-state index contributed by atoms with van der Waals surface area (Å²) < 4.78 is 26.8. The number of piperidine rings is 1. The van der Waals surface area contributed by atoms with E-state index in [-0.39, 0.29) is 31.6 Å². The third-order valence-corrected chi connectivity index (χ3v) is 3.93. The summed E-state index contributed by atoms with van der Waals surface area (Å²) in [4.78, 5) is 12.2. The first-order valence-corrected chi connectivity index (χ1v) is 6.67. The van der Waals surface area contributed by atoms with Crippen molar-refractivity contribution in [3.63, 3.8) is 0 Å². The molecule has 2 rings (SSSR count). The summed E-state index contributed by atoms with van der Waals surface area (Å²) in [6.45, 7) is 2.15. The first-order chi connectivity index (χ1) is 8.80. The lowest BCUT2D eigenvalue weighted by Gasteiger charge is -2.34. The van der Waals surface area contributed by atoms with Crippen LogP contribution in [0.2, 0.25) is 0 Å². The van der Waals surface area contributed by atoms with Gasteiger partial charge in [0.1, 0.15) is 0 Å². The van der Waals surface area contributed by atoms with E-state index >= 15 is 0 Å². The molecule has 1 heterocycles. The molecule has 19 heavy (non-hydrogen) atoms. The Balaban J connectivity index is 2.27. The standard InChI is InChI=1S/C12H13BrF2N2O2/c1-8-6-11(9(13)7-10(8)17(18)19)16-4-2-12(14,15)3-5-16/h6-7H,2-5H2,1H3. The molecule has 1 aromatic carbocycles. The minimum Gasteiger partial charge on any atom is -0.370 e. The third kappa shape index (κ3) is 3.02. The lowest BCUT2D eigenvalue weighted by molar-refractivity contribution is -0.385. The van der Waals surface area contributed by atoms with Crippen molar-refractivity contribution < 1.29 is 13.7 Å². The second kappa shape index (κ2) is 5.03. The summed E-state index contributed by atoms with van der Waals surface area (Å²) >= 11 is 3.28. The number of nitro benzene ring substituents is 1. The number of alkyl halides is 2. The van der Waals surface area contributed by atoms with Gasteiger partial charge in [-0.1, -0.05) is 0 Å². The van der Waals surface area contributed by atoms with Crippen LogP contribution in [-0.2, 0) is 0 Å². The van der Waals surface area contributed by atoms with E-state index < -0.39 is 10.8 Å². The van der Waals surface area contributed by atoms with Gasteiger partial charge in [0.15, 0.2) is 0 Å². The molecule has 0 N–H and O–H groups in total. The van der Waals surface area contributed by atoms with Crippen LogP contribution in [0.15, 0.2) is 16.6 Å². The highest BCUT2D eigenvalue weighted by molar-refractivity contribution is 9.10. The van der Waals surface area contributed by atoms with Crippen molar-refractivity contribution >= 4 is 27.3 Å². The quantitative estimate of drug-likeness (QED) is 0.608.